The van der Waals surface area contributed by atoms with Gasteiger partial charge in [0.25, 0.3) is 0 Å². The molecule has 1 aromatic rings. The molecule has 1 aromatic carbocycles. The number of rotatable bonds is 11. The molecule has 0 heterocycles. The first-order chi connectivity index (χ1) is 11.2. The van der Waals surface area contributed by atoms with Crippen molar-refractivity contribution < 1.29 is 14.3 Å². The average molecular weight is 319 g/mol. The monoisotopic (exact) mass is 319 g/mol. The molecule has 0 saturated carbocycles. The minimum Gasteiger partial charge on any atom is -0.464 e. The molecule has 0 spiro atoms. The Hall–Kier alpha value is -1.84. The maximum atomic E-state index is 11.7. The Balaban J connectivity index is 2.15. The second-order valence-corrected chi connectivity index (χ2v) is 5.86. The molecule has 1 unspecified atom stereocenters. The Morgan fingerprint density at radius 3 is 2.57 bits per heavy atom. The van der Waals surface area contributed by atoms with Crippen LogP contribution in [-0.2, 0) is 20.7 Å². The van der Waals surface area contributed by atoms with Gasteiger partial charge in [-0.05, 0) is 24.3 Å². The minimum atomic E-state index is -0.354. The zero-order valence-corrected chi connectivity index (χ0v) is 14.3. The first kappa shape index (κ1) is 19.2. The lowest BCUT2D eigenvalue weighted by Gasteiger charge is -2.14. The summed E-state index contributed by atoms with van der Waals surface area (Å²) in [7, 11) is 0. The number of aryl methyl sites for hydroxylation is 1. The van der Waals surface area contributed by atoms with E-state index in [1.165, 1.54) is 0 Å². The molecule has 0 aromatic heterocycles. The Kier molecular flexibility index (Phi) is 9.76. The molecule has 128 valence electrons. The van der Waals surface area contributed by atoms with Crippen LogP contribution >= 0.6 is 0 Å². The van der Waals surface area contributed by atoms with Crippen LogP contribution in [0.4, 0.5) is 0 Å². The standard InChI is InChI=1S/C19H29NO3/c1-3-5-9-16(4-2)15-23-19(22)14-20-18(21)13-12-17-10-7-6-8-11-17/h6-8,10-11,16H,3-5,9,12-15H2,1-2H3,(H,20,21). The Morgan fingerprint density at radius 1 is 1.17 bits per heavy atom. The zero-order valence-electron chi connectivity index (χ0n) is 14.3. The van der Waals surface area contributed by atoms with Crippen molar-refractivity contribution >= 4 is 11.9 Å². The largest absolute Gasteiger partial charge is 0.464 e. The van der Waals surface area contributed by atoms with Gasteiger partial charge in [0, 0.05) is 6.42 Å². The van der Waals surface area contributed by atoms with Crippen LogP contribution < -0.4 is 5.32 Å². The van der Waals surface area contributed by atoms with Crippen molar-refractivity contribution in [3.8, 4) is 0 Å². The summed E-state index contributed by atoms with van der Waals surface area (Å²) >= 11 is 0. The van der Waals surface area contributed by atoms with Crippen molar-refractivity contribution in [2.75, 3.05) is 13.2 Å². The topological polar surface area (TPSA) is 55.4 Å². The molecule has 4 nitrogen and oxygen atoms in total. The van der Waals surface area contributed by atoms with Crippen LogP contribution in [0.1, 0.15) is 51.5 Å². The first-order valence-electron chi connectivity index (χ1n) is 8.61. The van der Waals surface area contributed by atoms with Gasteiger partial charge in [-0.15, -0.1) is 0 Å². The fraction of sp³-hybridized carbons (Fsp3) is 0.579. The molecule has 1 amide bonds. The molecule has 0 radical (unpaired) electrons. The van der Waals surface area contributed by atoms with Crippen LogP contribution in [0.2, 0.25) is 0 Å². The van der Waals surface area contributed by atoms with Gasteiger partial charge in [-0.3, -0.25) is 9.59 Å². The van der Waals surface area contributed by atoms with Crippen LogP contribution in [0.25, 0.3) is 0 Å². The first-order valence-corrected chi connectivity index (χ1v) is 8.61. The van der Waals surface area contributed by atoms with Crippen molar-refractivity contribution in [3.63, 3.8) is 0 Å². The molecule has 4 heteroatoms. The number of nitrogens with one attached hydrogen (secondary N) is 1. The number of hydrogen-bond acceptors (Lipinski definition) is 3. The van der Waals surface area contributed by atoms with Gasteiger partial charge in [0.15, 0.2) is 0 Å². The third-order valence-electron chi connectivity index (χ3n) is 3.94. The maximum Gasteiger partial charge on any atom is 0.325 e. The number of esters is 1. The summed E-state index contributed by atoms with van der Waals surface area (Å²) in [6.07, 6.45) is 5.47. The third kappa shape index (κ3) is 9.01. The smallest absolute Gasteiger partial charge is 0.325 e. The van der Waals surface area contributed by atoms with Crippen molar-refractivity contribution in [3.05, 3.63) is 35.9 Å². The summed E-state index contributed by atoms with van der Waals surface area (Å²) in [5.41, 5.74) is 1.12. The molecule has 1 atom stereocenters. The third-order valence-corrected chi connectivity index (χ3v) is 3.94. The van der Waals surface area contributed by atoms with Crippen molar-refractivity contribution in [2.24, 2.45) is 5.92 Å². The van der Waals surface area contributed by atoms with Gasteiger partial charge in [-0.1, -0.05) is 63.4 Å². The highest BCUT2D eigenvalue weighted by Gasteiger charge is 2.11. The molecular formula is C19H29NO3. The van der Waals surface area contributed by atoms with E-state index in [4.69, 9.17) is 4.74 Å². The number of unbranched alkanes of at least 4 members (excludes halogenated alkanes) is 1. The van der Waals surface area contributed by atoms with E-state index < -0.39 is 0 Å². The van der Waals surface area contributed by atoms with E-state index in [2.05, 4.69) is 19.2 Å². The maximum absolute atomic E-state index is 11.7. The predicted octanol–water partition coefficient (Wildman–Crippen LogP) is 3.50. The van der Waals surface area contributed by atoms with E-state index in [-0.39, 0.29) is 18.4 Å². The highest BCUT2D eigenvalue weighted by molar-refractivity contribution is 5.81. The molecule has 0 aliphatic carbocycles. The fourth-order valence-corrected chi connectivity index (χ4v) is 2.32. The van der Waals surface area contributed by atoms with E-state index in [1.54, 1.807) is 0 Å². The molecule has 1 rings (SSSR count). The van der Waals surface area contributed by atoms with Crippen molar-refractivity contribution in [2.45, 2.75) is 52.4 Å². The Morgan fingerprint density at radius 2 is 1.91 bits per heavy atom. The fourth-order valence-electron chi connectivity index (χ4n) is 2.32. The van der Waals surface area contributed by atoms with E-state index in [0.29, 0.717) is 25.4 Å². The van der Waals surface area contributed by atoms with Crippen molar-refractivity contribution in [1.82, 2.24) is 5.32 Å². The highest BCUT2D eigenvalue weighted by Crippen LogP contribution is 2.12. The molecule has 1 N–H and O–H groups in total. The normalized spacial score (nSPS) is 11.7. The number of carbonyl (C=O) groups is 2. The Bertz CT molecular complexity index is 459. The summed E-state index contributed by atoms with van der Waals surface area (Å²) in [4.78, 5) is 23.4. The van der Waals surface area contributed by atoms with Crippen LogP contribution in [0.3, 0.4) is 0 Å². The van der Waals surface area contributed by atoms with Gasteiger partial charge in [0.05, 0.1) is 6.61 Å². The summed E-state index contributed by atoms with van der Waals surface area (Å²) < 4.78 is 5.25. The van der Waals surface area contributed by atoms with E-state index in [0.717, 1.165) is 31.2 Å². The highest BCUT2D eigenvalue weighted by atomic mass is 16.5. The lowest BCUT2D eigenvalue weighted by molar-refractivity contribution is -0.145. The van der Waals surface area contributed by atoms with Gasteiger partial charge < -0.3 is 10.1 Å². The van der Waals surface area contributed by atoms with Crippen LogP contribution in [0.15, 0.2) is 30.3 Å². The summed E-state index contributed by atoms with van der Waals surface area (Å²) in [5, 5.41) is 2.62. The number of hydrogen-bond donors (Lipinski definition) is 1. The molecule has 0 saturated heterocycles. The van der Waals surface area contributed by atoms with E-state index >= 15 is 0 Å². The van der Waals surface area contributed by atoms with Gasteiger partial charge >= 0.3 is 5.97 Å². The minimum absolute atomic E-state index is 0.0438. The summed E-state index contributed by atoms with van der Waals surface area (Å²) in [5.74, 6) is -0.0514. The number of ether oxygens (including phenoxy) is 1. The molecule has 23 heavy (non-hydrogen) atoms. The van der Waals surface area contributed by atoms with E-state index in [1.807, 2.05) is 30.3 Å². The lowest BCUT2D eigenvalue weighted by atomic mass is 10.0. The van der Waals surface area contributed by atoms with E-state index in [9.17, 15) is 9.59 Å². The van der Waals surface area contributed by atoms with Crippen molar-refractivity contribution in [1.29, 1.82) is 0 Å². The second-order valence-electron chi connectivity index (χ2n) is 5.86. The molecular weight excluding hydrogens is 290 g/mol. The number of benzene rings is 1. The van der Waals surface area contributed by atoms with Gasteiger partial charge in [0.2, 0.25) is 5.91 Å². The van der Waals surface area contributed by atoms with Crippen LogP contribution in [-0.4, -0.2) is 25.0 Å². The Labute approximate surface area is 139 Å². The lowest BCUT2D eigenvalue weighted by Crippen LogP contribution is -2.31. The average Bonchev–Trinajstić information content (AvgIpc) is 2.59. The van der Waals surface area contributed by atoms with Crippen LogP contribution in [0.5, 0.6) is 0 Å². The number of amides is 1. The SMILES string of the molecule is CCCCC(CC)COC(=O)CNC(=O)CCc1ccccc1. The molecule has 0 bridgehead atoms. The summed E-state index contributed by atoms with van der Waals surface area (Å²) in [6, 6.07) is 9.83. The quantitative estimate of drug-likeness (QED) is 0.635. The number of carbonyl (C=O) groups excluding carboxylic acids is 2. The molecule has 0 aliphatic heterocycles. The predicted molar refractivity (Wildman–Crippen MR) is 92.0 cm³/mol. The van der Waals surface area contributed by atoms with Gasteiger partial charge in [0.1, 0.15) is 6.54 Å². The summed E-state index contributed by atoms with van der Waals surface area (Å²) in [6.45, 7) is 4.68. The van der Waals surface area contributed by atoms with Crippen LogP contribution in [0, 0.1) is 5.92 Å². The van der Waals surface area contributed by atoms with Gasteiger partial charge in [-0.25, -0.2) is 0 Å². The zero-order chi connectivity index (χ0) is 16.9. The van der Waals surface area contributed by atoms with Gasteiger partial charge in [-0.2, -0.15) is 0 Å². The molecule has 0 fully saturated rings. The molecule has 0 aliphatic rings. The second kappa shape index (κ2) is 11.7.